The number of aliphatic hydroxyl groups excluding tert-OH is 1. The zero-order valence-electron chi connectivity index (χ0n) is 15.4. The van der Waals surface area contributed by atoms with E-state index in [1.807, 2.05) is 30.3 Å². The molecule has 0 fully saturated rings. The van der Waals surface area contributed by atoms with Gasteiger partial charge in [-0.15, -0.1) is 13.0 Å². The van der Waals surface area contributed by atoms with Gasteiger partial charge in [0.2, 0.25) is 0 Å². The van der Waals surface area contributed by atoms with Crippen molar-refractivity contribution in [3.8, 4) is 23.5 Å². The molecule has 128 valence electrons. The van der Waals surface area contributed by atoms with Crippen LogP contribution >= 0.6 is 0 Å². The summed E-state index contributed by atoms with van der Waals surface area (Å²) < 4.78 is 0. The molecule has 3 aromatic rings. The largest absolute Gasteiger partial charge is 1.00 e. The third-order valence-corrected chi connectivity index (χ3v) is 3.72. The smallest absolute Gasteiger partial charge is 0.878 e. The van der Waals surface area contributed by atoms with Gasteiger partial charge in [0.1, 0.15) is 5.76 Å². The Balaban J connectivity index is 0.000000855. The second-order valence-electron chi connectivity index (χ2n) is 5.53. The first-order chi connectivity index (χ1) is 12.6. The summed E-state index contributed by atoms with van der Waals surface area (Å²) in [6, 6.07) is 20.6. The molecule has 0 radical (unpaired) electrons. The molecule has 0 heterocycles. The Bertz CT molecular complexity index is 993. The van der Waals surface area contributed by atoms with Crippen molar-refractivity contribution in [1.29, 1.82) is 0 Å². The van der Waals surface area contributed by atoms with Gasteiger partial charge >= 0.3 is 51.4 Å². The molecule has 0 aliphatic carbocycles. The third kappa shape index (κ3) is 6.87. The first-order valence-corrected chi connectivity index (χ1v) is 7.97. The fraction of sp³-hybridized carbons (Fsp3) is 0. The van der Waals surface area contributed by atoms with E-state index in [9.17, 15) is 0 Å². The summed E-state index contributed by atoms with van der Waals surface area (Å²) >= 11 is 0. The summed E-state index contributed by atoms with van der Waals surface area (Å²) in [4.78, 5) is 0. The summed E-state index contributed by atoms with van der Waals surface area (Å²) in [5, 5.41) is 20.1. The van der Waals surface area contributed by atoms with Crippen LogP contribution in [0.4, 0.5) is 0 Å². The van der Waals surface area contributed by atoms with E-state index in [0.29, 0.717) is 6.26 Å². The van der Waals surface area contributed by atoms with E-state index in [4.69, 9.17) is 16.6 Å². The topological polar surface area (TPSA) is 43.3 Å². The van der Waals surface area contributed by atoms with Crippen LogP contribution in [-0.4, -0.2) is 5.11 Å². The second kappa shape index (κ2) is 11.6. The van der Waals surface area contributed by atoms with Crippen LogP contribution < -0.4 is 56.5 Å². The SMILES string of the molecule is C#Cc1ccc2cc(-c3ccc(/C=C/C(=C)O)cc3)ccc2c1.C=C[O-].[K+]. The second-order valence-corrected chi connectivity index (χ2v) is 5.53. The maximum Gasteiger partial charge on any atom is 1.00 e. The Morgan fingerprint density at radius 3 is 2.11 bits per heavy atom. The van der Waals surface area contributed by atoms with Crippen LogP contribution in [0.2, 0.25) is 0 Å². The molecule has 3 heteroatoms. The van der Waals surface area contributed by atoms with Gasteiger partial charge in [-0.3, -0.25) is 0 Å². The number of allylic oxidation sites excluding steroid dienone is 1. The Kier molecular flexibility index (Phi) is 9.88. The Hall–Kier alpha value is -2.06. The number of hydrogen-bond acceptors (Lipinski definition) is 2. The Morgan fingerprint density at radius 2 is 1.52 bits per heavy atom. The van der Waals surface area contributed by atoms with Gasteiger partial charge in [0.25, 0.3) is 0 Å². The molecular formula is C24H19KO2. The quantitative estimate of drug-likeness (QED) is 0.328. The summed E-state index contributed by atoms with van der Waals surface area (Å²) in [5.74, 6) is 2.71. The maximum absolute atomic E-state index is 9.09. The van der Waals surface area contributed by atoms with Gasteiger partial charge in [-0.25, -0.2) is 0 Å². The fourth-order valence-electron chi connectivity index (χ4n) is 2.49. The van der Waals surface area contributed by atoms with Gasteiger partial charge in [0.05, 0.1) is 0 Å². The zero-order valence-corrected chi connectivity index (χ0v) is 18.5. The molecule has 0 unspecified atom stereocenters. The Morgan fingerprint density at radius 1 is 0.963 bits per heavy atom. The molecule has 3 rings (SSSR count). The average Bonchev–Trinajstić information content (AvgIpc) is 2.66. The number of benzene rings is 3. The molecule has 0 saturated carbocycles. The summed E-state index contributed by atoms with van der Waals surface area (Å²) in [5.41, 5.74) is 4.22. The van der Waals surface area contributed by atoms with E-state index in [1.54, 1.807) is 6.08 Å². The summed E-state index contributed by atoms with van der Waals surface area (Å²) in [6.45, 7) is 6.24. The number of terminal acetylenes is 1. The molecule has 0 atom stereocenters. The first-order valence-electron chi connectivity index (χ1n) is 7.97. The van der Waals surface area contributed by atoms with Crippen molar-refractivity contribution >= 4 is 16.8 Å². The molecule has 0 aromatic heterocycles. The normalized spacial score (nSPS) is 9.59. The molecule has 0 bridgehead atoms. The van der Waals surface area contributed by atoms with Crippen molar-refractivity contribution in [3.05, 3.63) is 103 Å². The molecule has 0 amide bonds. The number of fused-ring (bicyclic) bond motifs is 1. The van der Waals surface area contributed by atoms with Crippen LogP contribution in [-0.2, 0) is 0 Å². The van der Waals surface area contributed by atoms with Gasteiger partial charge in [0, 0.05) is 5.56 Å². The zero-order chi connectivity index (χ0) is 18.9. The van der Waals surface area contributed by atoms with E-state index >= 15 is 0 Å². The monoisotopic (exact) mass is 378 g/mol. The minimum absolute atomic E-state index is 0. The van der Waals surface area contributed by atoms with Crippen molar-refractivity contribution in [2.24, 2.45) is 0 Å². The first kappa shape index (κ1) is 23.0. The van der Waals surface area contributed by atoms with E-state index in [1.165, 1.54) is 5.39 Å². The van der Waals surface area contributed by atoms with Crippen LogP contribution in [0.25, 0.3) is 28.0 Å². The number of aliphatic hydroxyl groups is 1. The van der Waals surface area contributed by atoms with Gasteiger partial charge in [-0.2, -0.15) is 6.26 Å². The molecule has 0 spiro atoms. The van der Waals surface area contributed by atoms with Gasteiger partial charge < -0.3 is 10.2 Å². The maximum atomic E-state index is 9.09. The van der Waals surface area contributed by atoms with Crippen LogP contribution in [0.3, 0.4) is 0 Å². The number of hydrogen-bond donors (Lipinski definition) is 1. The van der Waals surface area contributed by atoms with Gasteiger partial charge in [0.15, 0.2) is 0 Å². The predicted molar refractivity (Wildman–Crippen MR) is 108 cm³/mol. The van der Waals surface area contributed by atoms with Crippen LogP contribution in [0.5, 0.6) is 0 Å². The van der Waals surface area contributed by atoms with Gasteiger partial charge in [-0.1, -0.05) is 61.0 Å². The summed E-state index contributed by atoms with van der Waals surface area (Å²) in [7, 11) is 0. The van der Waals surface area contributed by atoms with Crippen molar-refractivity contribution in [2.75, 3.05) is 0 Å². The minimum Gasteiger partial charge on any atom is -0.878 e. The molecule has 0 aliphatic rings. The van der Waals surface area contributed by atoms with Crippen molar-refractivity contribution in [2.45, 2.75) is 0 Å². The third-order valence-electron chi connectivity index (χ3n) is 3.72. The van der Waals surface area contributed by atoms with E-state index in [-0.39, 0.29) is 57.1 Å². The Labute approximate surface area is 203 Å². The molecule has 0 saturated heterocycles. The summed E-state index contributed by atoms with van der Waals surface area (Å²) in [6.07, 6.45) is 9.35. The molecule has 0 aliphatic heterocycles. The number of rotatable bonds is 3. The van der Waals surface area contributed by atoms with Crippen LogP contribution in [0.15, 0.2) is 91.9 Å². The predicted octanol–water partition coefficient (Wildman–Crippen LogP) is 2.07. The van der Waals surface area contributed by atoms with E-state index in [0.717, 1.165) is 27.6 Å². The van der Waals surface area contributed by atoms with Crippen LogP contribution in [0.1, 0.15) is 11.1 Å². The van der Waals surface area contributed by atoms with Crippen molar-refractivity contribution in [3.63, 3.8) is 0 Å². The van der Waals surface area contributed by atoms with Crippen LogP contribution in [0, 0.1) is 12.3 Å². The molecule has 27 heavy (non-hydrogen) atoms. The van der Waals surface area contributed by atoms with Gasteiger partial charge in [-0.05, 0) is 51.7 Å². The molecule has 1 N–H and O–H groups in total. The van der Waals surface area contributed by atoms with Crippen molar-refractivity contribution in [1.82, 2.24) is 0 Å². The van der Waals surface area contributed by atoms with E-state index in [2.05, 4.69) is 55.5 Å². The standard InChI is InChI=1S/C22H16O.C2H4O.K/c1-3-17-6-11-22-15-21(13-12-20(22)14-17)19-9-7-18(8-10-19)5-4-16(2)23;1-2-3;/h1,4-15,23H,2H2;2-3H,1H2;/q;;+1/p-1/b5-4+;;. The molecule has 2 nitrogen and oxygen atoms in total. The molecule has 3 aromatic carbocycles. The molecular weight excluding hydrogens is 359 g/mol. The average molecular weight is 379 g/mol. The minimum atomic E-state index is 0. The fourth-order valence-corrected chi connectivity index (χ4v) is 2.49. The van der Waals surface area contributed by atoms with E-state index < -0.39 is 0 Å². The van der Waals surface area contributed by atoms with Crippen molar-refractivity contribution < 1.29 is 61.6 Å².